The van der Waals surface area contributed by atoms with Crippen molar-refractivity contribution in [3.8, 4) is 0 Å². The van der Waals surface area contributed by atoms with E-state index in [9.17, 15) is 30.6 Å². The van der Waals surface area contributed by atoms with E-state index in [-0.39, 0.29) is 18.1 Å². The van der Waals surface area contributed by atoms with Gasteiger partial charge in [0.1, 0.15) is 36.6 Å². The topological polar surface area (TPSA) is 177 Å². The zero-order valence-electron chi connectivity index (χ0n) is 30.2. The molecule has 7 fully saturated rings. The van der Waals surface area contributed by atoms with Crippen LogP contribution in [0.4, 0.5) is 0 Å². The minimum Gasteiger partial charge on any atom is -0.393 e. The molecule has 8 aliphatic rings. The van der Waals surface area contributed by atoms with E-state index >= 15 is 0 Å². The zero-order chi connectivity index (χ0) is 35.5. The maximum absolute atomic E-state index is 11.1. The monoisotopic (exact) mass is 708 g/mol. The van der Waals surface area contributed by atoms with Crippen LogP contribution in [0.3, 0.4) is 0 Å². The van der Waals surface area contributed by atoms with Gasteiger partial charge in [0, 0.05) is 24.2 Å². The maximum atomic E-state index is 11.1. The molecule has 50 heavy (non-hydrogen) atoms. The summed E-state index contributed by atoms with van der Waals surface area (Å²) in [4.78, 5) is 0. The minimum absolute atomic E-state index is 0.134. The van der Waals surface area contributed by atoms with E-state index in [4.69, 9.17) is 28.4 Å². The molecule has 21 atom stereocenters. The van der Waals surface area contributed by atoms with E-state index in [1.807, 2.05) is 0 Å². The second kappa shape index (κ2) is 12.9. The van der Waals surface area contributed by atoms with Crippen LogP contribution >= 0.6 is 0 Å². The van der Waals surface area contributed by atoms with Gasteiger partial charge in [-0.15, -0.1) is 0 Å². The molecule has 12 heteroatoms. The molecule has 0 aromatic rings. The predicted octanol–water partition coefficient (Wildman–Crippen LogP) is 2.00. The standard InChI is InChI=1S/C38H60O12/c1-17-8-11-38(46-15-17)18(2)28-26(50-38)14-24-22-7-6-20-12-21(39)13-27(37(20,5)23(22)9-10-36(24,28)4)48-35-33(30(42)25(40)16-45-35)49-34-32(44)31(43)29(41)19(3)47-34/h6,17-19,21-35,39-44H,7-16H2,1-5H3/t17-,18-,19-,21+,22?,23?,24?,25-,26?,27+,28?,29-,30-,31+,32+,33+,34-,35-,36-,37-,38+/m0/s1. The van der Waals surface area contributed by atoms with Gasteiger partial charge in [-0.2, -0.15) is 0 Å². The molecule has 6 N–H and O–H groups in total. The molecule has 0 bridgehead atoms. The van der Waals surface area contributed by atoms with Crippen LogP contribution in [0.2, 0.25) is 0 Å². The van der Waals surface area contributed by atoms with Crippen molar-refractivity contribution in [3.63, 3.8) is 0 Å². The van der Waals surface area contributed by atoms with Crippen LogP contribution in [0, 0.1) is 46.3 Å². The lowest BCUT2D eigenvalue weighted by Crippen LogP contribution is -2.63. The first-order valence-electron chi connectivity index (χ1n) is 19.4. The molecular weight excluding hydrogens is 648 g/mol. The summed E-state index contributed by atoms with van der Waals surface area (Å²) in [5.41, 5.74) is 0.917. The van der Waals surface area contributed by atoms with Crippen LogP contribution in [-0.4, -0.2) is 123 Å². The van der Waals surface area contributed by atoms with Crippen molar-refractivity contribution >= 4 is 0 Å². The van der Waals surface area contributed by atoms with Gasteiger partial charge < -0.3 is 59.1 Å². The molecule has 1 spiro atoms. The van der Waals surface area contributed by atoms with Gasteiger partial charge in [-0.3, -0.25) is 0 Å². The van der Waals surface area contributed by atoms with Crippen LogP contribution in [-0.2, 0) is 28.4 Å². The van der Waals surface area contributed by atoms with Gasteiger partial charge in [0.05, 0.1) is 37.6 Å². The van der Waals surface area contributed by atoms with Crippen molar-refractivity contribution in [2.75, 3.05) is 13.2 Å². The number of allylic oxidation sites excluding steroid dienone is 1. The van der Waals surface area contributed by atoms with Crippen molar-refractivity contribution in [2.24, 2.45) is 46.3 Å². The fourth-order valence-electron chi connectivity index (χ4n) is 12.4. The van der Waals surface area contributed by atoms with Gasteiger partial charge in [0.25, 0.3) is 0 Å². The van der Waals surface area contributed by atoms with Gasteiger partial charge in [-0.1, -0.05) is 39.3 Å². The second-order valence-corrected chi connectivity index (χ2v) is 17.9. The predicted molar refractivity (Wildman–Crippen MR) is 177 cm³/mol. The smallest absolute Gasteiger partial charge is 0.187 e. The lowest BCUT2D eigenvalue weighted by molar-refractivity contribution is -0.362. The SMILES string of the molecule is C[C@H]1CC[C@@]2(OC1)OC1CC3C4CC=C5C[C@@H](O)C[C@@H](O[C@@H]6OC[C@H](O)[C@H](O)[C@H]6O[C@@H]6O[C@@H](C)[C@H](O)[C@@H](O)[C@H]6O)[C@]5(C)C4CC[C@]3(C)C1[C@@H]2C. The Labute approximate surface area is 295 Å². The van der Waals surface area contributed by atoms with E-state index in [1.54, 1.807) is 6.92 Å². The molecule has 4 aliphatic carbocycles. The highest BCUT2D eigenvalue weighted by atomic mass is 16.8. The zero-order valence-corrected chi connectivity index (χ0v) is 30.2. The summed E-state index contributed by atoms with van der Waals surface area (Å²) in [6.45, 7) is 11.5. The molecule has 0 aromatic carbocycles. The molecule has 12 nitrogen and oxygen atoms in total. The Morgan fingerprint density at radius 2 is 1.60 bits per heavy atom. The first-order chi connectivity index (χ1) is 23.7. The average Bonchev–Trinajstić information content (AvgIpc) is 3.53. The normalized spacial score (nSPS) is 59.3. The van der Waals surface area contributed by atoms with Crippen LogP contribution in [0.25, 0.3) is 0 Å². The highest BCUT2D eigenvalue weighted by molar-refractivity contribution is 5.28. The van der Waals surface area contributed by atoms with Gasteiger partial charge in [0.2, 0.25) is 0 Å². The quantitative estimate of drug-likeness (QED) is 0.235. The van der Waals surface area contributed by atoms with E-state index in [0.717, 1.165) is 45.1 Å². The van der Waals surface area contributed by atoms with Crippen LogP contribution in [0.5, 0.6) is 0 Å². The average molecular weight is 709 g/mol. The molecular formula is C38H60O12. The maximum Gasteiger partial charge on any atom is 0.187 e. The largest absolute Gasteiger partial charge is 0.393 e. The van der Waals surface area contributed by atoms with Gasteiger partial charge in [0.15, 0.2) is 18.4 Å². The Morgan fingerprint density at radius 1 is 0.820 bits per heavy atom. The molecule has 3 saturated carbocycles. The van der Waals surface area contributed by atoms with E-state index in [0.29, 0.717) is 48.3 Å². The molecule has 0 amide bonds. The fraction of sp³-hybridized carbons (Fsp3) is 0.947. The molecule has 0 radical (unpaired) electrons. The Balaban J connectivity index is 1.04. The summed E-state index contributed by atoms with van der Waals surface area (Å²) >= 11 is 0. The Hall–Kier alpha value is -0.740. The number of hydrogen-bond donors (Lipinski definition) is 6. The number of fused-ring (bicyclic) bond motifs is 7. The minimum atomic E-state index is -1.60. The third kappa shape index (κ3) is 5.45. The third-order valence-electron chi connectivity index (χ3n) is 15.2. The number of hydrogen-bond acceptors (Lipinski definition) is 12. The molecule has 4 aliphatic heterocycles. The Bertz CT molecular complexity index is 1290. The molecule has 5 unspecified atom stereocenters. The van der Waals surface area contributed by atoms with Crippen LogP contribution in [0.1, 0.15) is 86.0 Å². The highest BCUT2D eigenvalue weighted by Crippen LogP contribution is 2.71. The summed E-state index contributed by atoms with van der Waals surface area (Å²) < 4.78 is 38.0. The summed E-state index contributed by atoms with van der Waals surface area (Å²) in [6.07, 6.45) is -3.26. The summed E-state index contributed by atoms with van der Waals surface area (Å²) in [5, 5.41) is 64.1. The lowest BCUT2D eigenvalue weighted by Gasteiger charge is -2.60. The van der Waals surface area contributed by atoms with Crippen molar-refractivity contribution in [3.05, 3.63) is 11.6 Å². The molecule has 4 saturated heterocycles. The van der Waals surface area contributed by atoms with Crippen molar-refractivity contribution in [2.45, 2.75) is 165 Å². The van der Waals surface area contributed by atoms with Crippen molar-refractivity contribution in [1.29, 1.82) is 0 Å². The first kappa shape index (κ1) is 36.2. The van der Waals surface area contributed by atoms with E-state index in [2.05, 4.69) is 33.8 Å². The molecule has 4 heterocycles. The van der Waals surface area contributed by atoms with Crippen molar-refractivity contribution < 1.29 is 59.1 Å². The number of aliphatic hydroxyl groups excluding tert-OH is 6. The summed E-state index contributed by atoms with van der Waals surface area (Å²) in [7, 11) is 0. The molecule has 0 aromatic heterocycles. The van der Waals surface area contributed by atoms with Gasteiger partial charge in [-0.25, -0.2) is 0 Å². The van der Waals surface area contributed by atoms with Crippen LogP contribution in [0.15, 0.2) is 11.6 Å². The van der Waals surface area contributed by atoms with Crippen LogP contribution < -0.4 is 0 Å². The fourth-order valence-corrected chi connectivity index (χ4v) is 12.4. The third-order valence-corrected chi connectivity index (χ3v) is 15.2. The number of ether oxygens (including phenoxy) is 6. The molecule has 8 rings (SSSR count). The number of aliphatic hydroxyl groups is 6. The number of rotatable bonds is 4. The second-order valence-electron chi connectivity index (χ2n) is 17.9. The lowest BCUT2D eigenvalue weighted by atomic mass is 9.46. The van der Waals surface area contributed by atoms with Crippen molar-refractivity contribution in [1.82, 2.24) is 0 Å². The van der Waals surface area contributed by atoms with E-state index in [1.165, 1.54) is 5.57 Å². The Morgan fingerprint density at radius 3 is 2.34 bits per heavy atom. The first-order valence-corrected chi connectivity index (χ1v) is 19.4. The summed E-state index contributed by atoms with van der Waals surface area (Å²) in [5.74, 6) is 2.08. The molecule has 284 valence electrons. The van der Waals surface area contributed by atoms with Gasteiger partial charge in [-0.05, 0) is 80.5 Å². The highest BCUT2D eigenvalue weighted by Gasteiger charge is 2.69. The van der Waals surface area contributed by atoms with Gasteiger partial charge >= 0.3 is 0 Å². The Kier molecular flexibility index (Phi) is 9.38. The summed E-state index contributed by atoms with van der Waals surface area (Å²) in [6, 6.07) is 0. The van der Waals surface area contributed by atoms with E-state index < -0.39 is 78.7 Å².